The van der Waals surface area contributed by atoms with Gasteiger partial charge in [0.2, 0.25) is 0 Å². The number of benzene rings is 1. The summed E-state index contributed by atoms with van der Waals surface area (Å²) in [4.78, 5) is 14.1. The average Bonchev–Trinajstić information content (AvgIpc) is 3.06. The van der Waals surface area contributed by atoms with E-state index in [9.17, 15) is 18.5 Å². The molecule has 1 atom stereocenters. The minimum atomic E-state index is -3.09. The Morgan fingerprint density at radius 3 is 2.61 bits per heavy atom. The number of nitriles is 1. The fourth-order valence-corrected chi connectivity index (χ4v) is 4.65. The van der Waals surface area contributed by atoms with Crippen LogP contribution in [0.3, 0.4) is 0 Å². The Kier molecular flexibility index (Phi) is 7.84. The summed E-state index contributed by atoms with van der Waals surface area (Å²) >= 11 is 0. The molecule has 0 radical (unpaired) electrons. The zero-order chi connectivity index (χ0) is 20.6. The first-order valence-corrected chi connectivity index (χ1v) is 10.7. The Labute approximate surface area is 165 Å². The topological polar surface area (TPSA) is 109 Å². The maximum atomic E-state index is 12.4. The third-order valence-corrected chi connectivity index (χ3v) is 6.25. The molecule has 152 valence electrons. The van der Waals surface area contributed by atoms with Crippen LogP contribution in [0.4, 0.5) is 0 Å². The zero-order valence-electron chi connectivity index (χ0n) is 16.1. The Hall–Kier alpha value is -2.57. The number of ether oxygens (including phenoxy) is 2. The molecule has 1 amide bonds. The van der Waals surface area contributed by atoms with E-state index in [0.29, 0.717) is 25.3 Å². The highest BCUT2D eigenvalue weighted by atomic mass is 32.2. The number of amides is 1. The van der Waals surface area contributed by atoms with Crippen LogP contribution in [0.25, 0.3) is 0 Å². The van der Waals surface area contributed by atoms with Gasteiger partial charge in [-0.25, -0.2) is 8.42 Å². The summed E-state index contributed by atoms with van der Waals surface area (Å²) in [7, 11) is 0.0310. The van der Waals surface area contributed by atoms with Gasteiger partial charge in [0.05, 0.1) is 25.2 Å². The van der Waals surface area contributed by atoms with Crippen LogP contribution in [0.1, 0.15) is 12.0 Å². The Balaban J connectivity index is 2.06. The van der Waals surface area contributed by atoms with Gasteiger partial charge in [-0.1, -0.05) is 12.1 Å². The van der Waals surface area contributed by atoms with E-state index in [4.69, 9.17) is 9.47 Å². The summed E-state index contributed by atoms with van der Waals surface area (Å²) in [6, 6.07) is 8.86. The lowest BCUT2D eigenvalue weighted by Gasteiger charge is -2.26. The van der Waals surface area contributed by atoms with E-state index in [1.165, 1.54) is 6.20 Å². The van der Waals surface area contributed by atoms with E-state index in [1.54, 1.807) is 31.3 Å². The van der Waals surface area contributed by atoms with Gasteiger partial charge >= 0.3 is 0 Å². The molecule has 1 aliphatic rings. The minimum Gasteiger partial charge on any atom is -0.497 e. The summed E-state index contributed by atoms with van der Waals surface area (Å²) in [5.41, 5.74) is 0.790. The number of methoxy groups -OCH3 is 2. The standard InChI is InChI=1S/C19H25N3O5S/c1-26-9-8-22(17-7-10-28(24,25)14-17)13-16(11-20)19(23)21-12-15-3-5-18(27-2)6-4-15/h3-6,13,17H,7-10,12,14H2,1-2H3,(H,21,23)/b16-13-. The van der Waals surface area contributed by atoms with Gasteiger partial charge in [-0.15, -0.1) is 0 Å². The van der Waals surface area contributed by atoms with Crippen molar-refractivity contribution in [3.8, 4) is 11.8 Å². The molecule has 0 bridgehead atoms. The summed E-state index contributed by atoms with van der Waals surface area (Å²) in [6.07, 6.45) is 1.91. The second-order valence-corrected chi connectivity index (χ2v) is 8.70. The molecule has 9 heteroatoms. The quantitative estimate of drug-likeness (QED) is 0.477. The van der Waals surface area contributed by atoms with Crippen LogP contribution in [0.15, 0.2) is 36.0 Å². The van der Waals surface area contributed by atoms with Crippen LogP contribution in [0.2, 0.25) is 0 Å². The third kappa shape index (κ3) is 6.25. The molecular weight excluding hydrogens is 382 g/mol. The molecule has 1 aromatic rings. The average molecular weight is 407 g/mol. The van der Waals surface area contributed by atoms with Crippen molar-refractivity contribution >= 4 is 15.7 Å². The van der Waals surface area contributed by atoms with Crippen molar-refractivity contribution in [2.75, 3.05) is 38.9 Å². The molecule has 0 spiro atoms. The van der Waals surface area contributed by atoms with Crippen molar-refractivity contribution in [2.24, 2.45) is 0 Å². The van der Waals surface area contributed by atoms with E-state index in [2.05, 4.69) is 5.32 Å². The fourth-order valence-electron chi connectivity index (χ4n) is 2.91. The number of hydrogen-bond donors (Lipinski definition) is 1. The van der Waals surface area contributed by atoms with Gasteiger partial charge in [0.1, 0.15) is 17.4 Å². The molecule has 1 saturated heterocycles. The Morgan fingerprint density at radius 1 is 1.36 bits per heavy atom. The molecule has 28 heavy (non-hydrogen) atoms. The predicted molar refractivity (Wildman–Crippen MR) is 104 cm³/mol. The summed E-state index contributed by atoms with van der Waals surface area (Å²) in [5.74, 6) is 0.328. The normalized spacial score (nSPS) is 18.3. The smallest absolute Gasteiger partial charge is 0.263 e. The number of nitrogens with one attached hydrogen (secondary N) is 1. The fraction of sp³-hybridized carbons (Fsp3) is 0.474. The van der Waals surface area contributed by atoms with E-state index in [0.717, 1.165) is 5.56 Å². The minimum absolute atomic E-state index is 0.0133. The van der Waals surface area contributed by atoms with Crippen LogP contribution in [0.5, 0.6) is 5.75 Å². The van der Waals surface area contributed by atoms with Crippen molar-refractivity contribution in [3.05, 3.63) is 41.6 Å². The number of carbonyl (C=O) groups is 1. The zero-order valence-corrected chi connectivity index (χ0v) is 16.9. The third-order valence-electron chi connectivity index (χ3n) is 4.50. The summed E-state index contributed by atoms with van der Waals surface area (Å²) < 4.78 is 33.7. The van der Waals surface area contributed by atoms with E-state index < -0.39 is 15.7 Å². The molecule has 1 fully saturated rings. The lowest BCUT2D eigenvalue weighted by atomic mass is 10.2. The molecule has 2 rings (SSSR count). The number of carbonyl (C=O) groups excluding carboxylic acids is 1. The van der Waals surface area contributed by atoms with Gasteiger partial charge in [-0.05, 0) is 24.1 Å². The Bertz CT molecular complexity index is 843. The van der Waals surface area contributed by atoms with E-state index >= 15 is 0 Å². The first-order chi connectivity index (χ1) is 13.4. The SMILES string of the molecule is COCCN(/C=C(/C#N)C(=O)NCc1ccc(OC)cc1)C1CCS(=O)(=O)C1. The van der Waals surface area contributed by atoms with Gasteiger partial charge in [0.15, 0.2) is 9.84 Å². The predicted octanol–water partition coefficient (Wildman–Crippen LogP) is 0.854. The van der Waals surface area contributed by atoms with Crippen molar-refractivity contribution in [1.82, 2.24) is 10.2 Å². The number of hydrogen-bond acceptors (Lipinski definition) is 7. The highest BCUT2D eigenvalue weighted by Crippen LogP contribution is 2.19. The van der Waals surface area contributed by atoms with Crippen molar-refractivity contribution in [1.29, 1.82) is 5.26 Å². The molecule has 0 aliphatic carbocycles. The molecule has 1 unspecified atom stereocenters. The van der Waals surface area contributed by atoms with Crippen LogP contribution in [-0.4, -0.2) is 64.1 Å². The number of rotatable bonds is 9. The van der Waals surface area contributed by atoms with Crippen LogP contribution < -0.4 is 10.1 Å². The second-order valence-electron chi connectivity index (χ2n) is 6.47. The molecule has 1 aromatic carbocycles. The van der Waals surface area contributed by atoms with Gasteiger partial charge in [-0.3, -0.25) is 4.79 Å². The maximum Gasteiger partial charge on any atom is 0.263 e. The summed E-state index contributed by atoms with van der Waals surface area (Å²) in [6.45, 7) is 1.02. The van der Waals surface area contributed by atoms with Crippen LogP contribution in [-0.2, 0) is 25.9 Å². The summed E-state index contributed by atoms with van der Waals surface area (Å²) in [5, 5.41) is 12.1. The molecule has 1 aliphatic heterocycles. The second kappa shape index (κ2) is 10.1. The number of nitrogens with zero attached hydrogens (tertiary/aromatic N) is 2. The highest BCUT2D eigenvalue weighted by molar-refractivity contribution is 7.91. The lowest BCUT2D eigenvalue weighted by molar-refractivity contribution is -0.117. The Morgan fingerprint density at radius 2 is 2.07 bits per heavy atom. The maximum absolute atomic E-state index is 12.4. The molecule has 0 saturated carbocycles. The van der Waals surface area contributed by atoms with E-state index in [-0.39, 0.29) is 29.7 Å². The largest absolute Gasteiger partial charge is 0.497 e. The molecule has 1 heterocycles. The lowest BCUT2D eigenvalue weighted by Crippen LogP contribution is -2.36. The van der Waals surface area contributed by atoms with Gasteiger partial charge in [0.25, 0.3) is 5.91 Å². The molecule has 1 N–H and O–H groups in total. The monoisotopic (exact) mass is 407 g/mol. The molecule has 8 nitrogen and oxygen atoms in total. The molecule has 0 aromatic heterocycles. The number of sulfone groups is 1. The van der Waals surface area contributed by atoms with Crippen molar-refractivity contribution in [3.63, 3.8) is 0 Å². The van der Waals surface area contributed by atoms with Crippen LogP contribution in [0, 0.1) is 11.3 Å². The van der Waals surface area contributed by atoms with Gasteiger partial charge < -0.3 is 19.7 Å². The van der Waals surface area contributed by atoms with Gasteiger partial charge in [0, 0.05) is 32.4 Å². The highest BCUT2D eigenvalue weighted by Gasteiger charge is 2.31. The first-order valence-electron chi connectivity index (χ1n) is 8.86. The van der Waals surface area contributed by atoms with Crippen molar-refractivity contribution < 1.29 is 22.7 Å². The van der Waals surface area contributed by atoms with Crippen LogP contribution >= 0.6 is 0 Å². The first kappa shape index (κ1) is 21.7. The van der Waals surface area contributed by atoms with Crippen molar-refractivity contribution in [2.45, 2.75) is 19.0 Å². The molecular formula is C19H25N3O5S. The van der Waals surface area contributed by atoms with Gasteiger partial charge in [-0.2, -0.15) is 5.26 Å². The van der Waals surface area contributed by atoms with E-state index in [1.807, 2.05) is 18.2 Å².